The number of nitrogens with two attached hydrogens (primary N) is 1. The lowest BCUT2D eigenvalue weighted by molar-refractivity contribution is 0.747. The van der Waals surface area contributed by atoms with Gasteiger partial charge in [-0.15, -0.1) is 11.3 Å². The third-order valence-electron chi connectivity index (χ3n) is 2.40. The summed E-state index contributed by atoms with van der Waals surface area (Å²) in [5.41, 5.74) is 5.67. The van der Waals surface area contributed by atoms with Gasteiger partial charge in [0.05, 0.1) is 11.9 Å². The van der Waals surface area contributed by atoms with Crippen molar-refractivity contribution in [3.05, 3.63) is 23.6 Å². The minimum atomic E-state index is 0.265. The van der Waals surface area contributed by atoms with E-state index in [2.05, 4.69) is 25.4 Å². The van der Waals surface area contributed by atoms with Crippen molar-refractivity contribution in [2.45, 2.75) is 6.54 Å². The summed E-state index contributed by atoms with van der Waals surface area (Å²) in [6.45, 7) is 0.502. The van der Waals surface area contributed by atoms with Crippen LogP contribution in [-0.2, 0) is 13.6 Å². The third-order valence-corrected chi connectivity index (χ3v) is 3.21. The van der Waals surface area contributed by atoms with Crippen LogP contribution in [0.2, 0.25) is 0 Å². The number of aromatic nitrogens is 5. The first-order valence-corrected chi connectivity index (χ1v) is 6.19. The van der Waals surface area contributed by atoms with Gasteiger partial charge in [-0.2, -0.15) is 10.1 Å². The number of nitrogens with zero attached hydrogens (tertiary/aromatic N) is 5. The van der Waals surface area contributed by atoms with Crippen molar-refractivity contribution in [3.63, 3.8) is 0 Å². The Bertz CT molecular complexity index is 686. The van der Waals surface area contributed by atoms with Gasteiger partial charge in [-0.3, -0.25) is 4.68 Å². The van der Waals surface area contributed by atoms with Crippen LogP contribution in [0.1, 0.15) is 5.82 Å². The Hall–Kier alpha value is -2.22. The molecule has 3 aromatic rings. The number of thiophene rings is 1. The van der Waals surface area contributed by atoms with E-state index in [-0.39, 0.29) is 5.95 Å². The molecule has 0 fully saturated rings. The maximum Gasteiger partial charge on any atom is 0.223 e. The standard InChI is InChI=1S/C10H11N7S/c1-17-5-13-7(16-17)4-12-8-6-2-3-18-9(6)15-10(11)14-8/h2-3,5H,4H2,1H3,(H3,11,12,14,15). The first kappa shape index (κ1) is 10.9. The van der Waals surface area contributed by atoms with Crippen molar-refractivity contribution in [2.24, 2.45) is 7.05 Å². The molecule has 0 aromatic carbocycles. The smallest absolute Gasteiger partial charge is 0.223 e. The highest BCUT2D eigenvalue weighted by Gasteiger charge is 2.08. The second-order valence-corrected chi connectivity index (χ2v) is 4.65. The molecule has 0 aliphatic rings. The summed E-state index contributed by atoms with van der Waals surface area (Å²) in [6.07, 6.45) is 1.66. The Morgan fingerprint density at radius 3 is 3.11 bits per heavy atom. The minimum absolute atomic E-state index is 0.265. The fourth-order valence-electron chi connectivity index (χ4n) is 1.63. The monoisotopic (exact) mass is 261 g/mol. The molecule has 8 heteroatoms. The number of hydrogen-bond acceptors (Lipinski definition) is 7. The maximum atomic E-state index is 5.67. The summed E-state index contributed by atoms with van der Waals surface area (Å²) >= 11 is 1.53. The number of hydrogen-bond donors (Lipinski definition) is 2. The number of nitrogens with one attached hydrogen (secondary N) is 1. The number of aryl methyl sites for hydroxylation is 1. The molecule has 0 saturated heterocycles. The van der Waals surface area contributed by atoms with E-state index in [0.29, 0.717) is 18.2 Å². The van der Waals surface area contributed by atoms with Crippen LogP contribution in [0.5, 0.6) is 0 Å². The van der Waals surface area contributed by atoms with Gasteiger partial charge in [-0.1, -0.05) is 0 Å². The van der Waals surface area contributed by atoms with Crippen molar-refractivity contribution in [2.75, 3.05) is 11.1 Å². The number of fused-ring (bicyclic) bond motifs is 1. The average molecular weight is 261 g/mol. The molecule has 3 aromatic heterocycles. The molecule has 0 spiro atoms. The van der Waals surface area contributed by atoms with E-state index in [1.165, 1.54) is 11.3 Å². The predicted octanol–water partition coefficient (Wildman–Crippen LogP) is 1.01. The largest absolute Gasteiger partial charge is 0.368 e. The van der Waals surface area contributed by atoms with E-state index in [1.807, 2.05) is 18.5 Å². The van der Waals surface area contributed by atoms with Gasteiger partial charge in [0, 0.05) is 7.05 Å². The first-order chi connectivity index (χ1) is 8.72. The van der Waals surface area contributed by atoms with Crippen LogP contribution in [0.4, 0.5) is 11.8 Å². The van der Waals surface area contributed by atoms with Gasteiger partial charge >= 0.3 is 0 Å². The first-order valence-electron chi connectivity index (χ1n) is 5.31. The number of rotatable bonds is 3. The second-order valence-electron chi connectivity index (χ2n) is 3.76. The van der Waals surface area contributed by atoms with Gasteiger partial charge in [0.15, 0.2) is 5.82 Å². The molecule has 18 heavy (non-hydrogen) atoms. The molecule has 0 atom stereocenters. The van der Waals surface area contributed by atoms with Crippen molar-refractivity contribution in [3.8, 4) is 0 Å². The SMILES string of the molecule is Cn1cnc(CNc2nc(N)nc3sccc23)n1. The van der Waals surface area contributed by atoms with E-state index in [0.717, 1.165) is 10.2 Å². The lowest BCUT2D eigenvalue weighted by Crippen LogP contribution is -2.06. The van der Waals surface area contributed by atoms with Crippen LogP contribution < -0.4 is 11.1 Å². The highest BCUT2D eigenvalue weighted by Crippen LogP contribution is 2.25. The molecule has 3 N–H and O–H groups in total. The Morgan fingerprint density at radius 2 is 2.33 bits per heavy atom. The molecule has 0 bridgehead atoms. The van der Waals surface area contributed by atoms with Crippen molar-refractivity contribution in [1.29, 1.82) is 0 Å². The lowest BCUT2D eigenvalue weighted by Gasteiger charge is -2.05. The summed E-state index contributed by atoms with van der Waals surface area (Å²) < 4.78 is 1.66. The fourth-order valence-corrected chi connectivity index (χ4v) is 2.41. The zero-order valence-corrected chi connectivity index (χ0v) is 10.5. The van der Waals surface area contributed by atoms with Crippen LogP contribution >= 0.6 is 11.3 Å². The Kier molecular flexibility index (Phi) is 2.56. The number of anilines is 2. The molecule has 0 unspecified atom stereocenters. The van der Waals surface area contributed by atoms with Crippen LogP contribution in [-0.4, -0.2) is 24.7 Å². The molecule has 3 heterocycles. The Morgan fingerprint density at radius 1 is 1.44 bits per heavy atom. The van der Waals surface area contributed by atoms with Crippen LogP contribution in [0, 0.1) is 0 Å². The zero-order chi connectivity index (χ0) is 12.5. The molecule has 3 rings (SSSR count). The van der Waals surface area contributed by atoms with Gasteiger partial charge in [0.1, 0.15) is 17.0 Å². The van der Waals surface area contributed by atoms with Gasteiger partial charge in [0.25, 0.3) is 0 Å². The van der Waals surface area contributed by atoms with Crippen molar-refractivity contribution >= 4 is 33.3 Å². The third kappa shape index (κ3) is 1.97. The summed E-state index contributed by atoms with van der Waals surface area (Å²) in [6, 6.07) is 1.97. The predicted molar refractivity (Wildman–Crippen MR) is 70.2 cm³/mol. The normalized spacial score (nSPS) is 10.9. The fraction of sp³-hybridized carbons (Fsp3) is 0.200. The zero-order valence-electron chi connectivity index (χ0n) is 9.66. The van der Waals surface area contributed by atoms with Crippen molar-refractivity contribution in [1.82, 2.24) is 24.7 Å². The van der Waals surface area contributed by atoms with Gasteiger partial charge in [0.2, 0.25) is 5.95 Å². The summed E-state index contributed by atoms with van der Waals surface area (Å²) in [5, 5.41) is 10.3. The summed E-state index contributed by atoms with van der Waals surface area (Å²) in [4.78, 5) is 13.4. The molecular formula is C10H11N7S. The maximum absolute atomic E-state index is 5.67. The highest BCUT2D eigenvalue weighted by molar-refractivity contribution is 7.16. The van der Waals surface area contributed by atoms with Gasteiger partial charge < -0.3 is 11.1 Å². The van der Waals surface area contributed by atoms with E-state index >= 15 is 0 Å². The summed E-state index contributed by atoms with van der Waals surface area (Å²) in [7, 11) is 1.83. The number of nitrogen functional groups attached to an aromatic ring is 1. The van der Waals surface area contributed by atoms with Gasteiger partial charge in [-0.25, -0.2) is 9.97 Å². The molecule has 0 aliphatic carbocycles. The second kappa shape index (κ2) is 4.22. The Labute approximate surface area is 107 Å². The molecule has 0 saturated carbocycles. The molecule has 7 nitrogen and oxygen atoms in total. The minimum Gasteiger partial charge on any atom is -0.368 e. The van der Waals surface area contributed by atoms with Crippen LogP contribution in [0.25, 0.3) is 10.2 Å². The van der Waals surface area contributed by atoms with E-state index in [9.17, 15) is 0 Å². The van der Waals surface area contributed by atoms with E-state index < -0.39 is 0 Å². The molecular weight excluding hydrogens is 250 g/mol. The van der Waals surface area contributed by atoms with Crippen LogP contribution in [0.3, 0.4) is 0 Å². The highest BCUT2D eigenvalue weighted by atomic mass is 32.1. The Balaban J connectivity index is 1.87. The summed E-state index contributed by atoms with van der Waals surface area (Å²) in [5.74, 6) is 1.69. The molecule has 0 amide bonds. The van der Waals surface area contributed by atoms with Crippen LogP contribution in [0.15, 0.2) is 17.8 Å². The average Bonchev–Trinajstić information content (AvgIpc) is 2.94. The van der Waals surface area contributed by atoms with Gasteiger partial charge in [-0.05, 0) is 11.4 Å². The van der Waals surface area contributed by atoms with Crippen molar-refractivity contribution < 1.29 is 0 Å². The molecule has 0 aliphatic heterocycles. The topological polar surface area (TPSA) is 94.5 Å². The quantitative estimate of drug-likeness (QED) is 0.730. The van der Waals surface area contributed by atoms with E-state index in [1.54, 1.807) is 11.0 Å². The van der Waals surface area contributed by atoms with E-state index in [4.69, 9.17) is 5.73 Å². The lowest BCUT2D eigenvalue weighted by atomic mass is 10.4. The molecule has 92 valence electrons. The molecule has 0 radical (unpaired) electrons.